The van der Waals surface area contributed by atoms with Gasteiger partial charge in [-0.25, -0.2) is 4.98 Å². The SMILES string of the molecule is COCCn1cc(OCC(F)(F)F)c(C(=O)Nc2ccc(Oc3ccnc4cc(OC)c(OC)cc34)nc2)n1. The van der Waals surface area contributed by atoms with E-state index in [4.69, 9.17) is 23.7 Å². The third kappa shape index (κ3) is 6.84. The number of methoxy groups -OCH3 is 3. The molecule has 206 valence electrons. The van der Waals surface area contributed by atoms with Crippen LogP contribution in [0.15, 0.2) is 48.9 Å². The molecule has 14 heteroatoms. The third-order valence-electron chi connectivity index (χ3n) is 5.27. The van der Waals surface area contributed by atoms with Gasteiger partial charge in [-0.3, -0.25) is 14.5 Å². The van der Waals surface area contributed by atoms with Gasteiger partial charge in [0.1, 0.15) is 5.75 Å². The van der Waals surface area contributed by atoms with Crippen LogP contribution in [0, 0.1) is 0 Å². The summed E-state index contributed by atoms with van der Waals surface area (Å²) in [5.74, 6) is 0.595. The highest BCUT2D eigenvalue weighted by Gasteiger charge is 2.30. The summed E-state index contributed by atoms with van der Waals surface area (Å²) in [6.07, 6.45) is -0.473. The van der Waals surface area contributed by atoms with Crippen LogP contribution in [-0.2, 0) is 11.3 Å². The van der Waals surface area contributed by atoms with Crippen molar-refractivity contribution >= 4 is 22.5 Å². The first-order valence-corrected chi connectivity index (χ1v) is 11.4. The van der Waals surface area contributed by atoms with Crippen LogP contribution in [0.5, 0.6) is 28.9 Å². The van der Waals surface area contributed by atoms with Crippen molar-refractivity contribution in [2.45, 2.75) is 12.7 Å². The number of benzene rings is 1. The first kappa shape index (κ1) is 27.4. The molecule has 4 rings (SSSR count). The molecular formula is C25H24F3N5O6. The van der Waals surface area contributed by atoms with Crippen LogP contribution in [-0.4, -0.2) is 66.4 Å². The zero-order valence-electron chi connectivity index (χ0n) is 21.1. The Morgan fingerprint density at radius 2 is 1.77 bits per heavy atom. The second-order valence-corrected chi connectivity index (χ2v) is 7.98. The van der Waals surface area contributed by atoms with Gasteiger partial charge < -0.3 is 29.0 Å². The number of hydrogen-bond donors (Lipinski definition) is 1. The smallest absolute Gasteiger partial charge is 0.422 e. The number of nitrogens with one attached hydrogen (secondary N) is 1. The third-order valence-corrected chi connectivity index (χ3v) is 5.27. The van der Waals surface area contributed by atoms with Crippen molar-refractivity contribution in [3.05, 3.63) is 54.6 Å². The standard InChI is InChI=1S/C25H24F3N5O6/c1-35-9-8-33-13-21(38-14-25(26,27)28)23(32-33)24(34)31-15-4-5-22(30-12-15)39-18-6-7-29-17-11-20(37-3)19(36-2)10-16(17)18/h4-7,10-13H,8-9,14H2,1-3H3,(H,31,34). The number of amides is 1. The minimum atomic E-state index is -4.58. The normalized spacial score (nSPS) is 11.3. The molecule has 4 aromatic rings. The Morgan fingerprint density at radius 1 is 1.00 bits per heavy atom. The molecule has 0 unspecified atom stereocenters. The van der Waals surface area contributed by atoms with Gasteiger partial charge in [-0.15, -0.1) is 0 Å². The van der Waals surface area contributed by atoms with Crippen LogP contribution in [0.25, 0.3) is 10.9 Å². The van der Waals surface area contributed by atoms with Crippen molar-refractivity contribution in [2.24, 2.45) is 0 Å². The Morgan fingerprint density at radius 3 is 2.44 bits per heavy atom. The van der Waals surface area contributed by atoms with E-state index < -0.39 is 18.7 Å². The predicted molar refractivity (Wildman–Crippen MR) is 133 cm³/mol. The fourth-order valence-corrected chi connectivity index (χ4v) is 3.48. The Balaban J connectivity index is 1.50. The van der Waals surface area contributed by atoms with Crippen LogP contribution >= 0.6 is 0 Å². The molecule has 1 N–H and O–H groups in total. The van der Waals surface area contributed by atoms with E-state index in [0.717, 1.165) is 0 Å². The molecule has 0 fully saturated rings. The average molecular weight is 547 g/mol. The zero-order valence-corrected chi connectivity index (χ0v) is 21.1. The van der Waals surface area contributed by atoms with E-state index >= 15 is 0 Å². The number of halogens is 3. The van der Waals surface area contributed by atoms with E-state index in [-0.39, 0.29) is 36.2 Å². The van der Waals surface area contributed by atoms with E-state index in [0.29, 0.717) is 28.2 Å². The monoisotopic (exact) mass is 547 g/mol. The summed E-state index contributed by atoms with van der Waals surface area (Å²) in [5, 5.41) is 7.24. The number of carbonyl (C=O) groups is 1. The van der Waals surface area contributed by atoms with Crippen LogP contribution in [0.1, 0.15) is 10.5 Å². The molecule has 0 aliphatic rings. The molecule has 0 aliphatic heterocycles. The van der Waals surface area contributed by atoms with E-state index in [1.54, 1.807) is 24.4 Å². The van der Waals surface area contributed by atoms with Gasteiger partial charge in [-0.1, -0.05) is 0 Å². The lowest BCUT2D eigenvalue weighted by Gasteiger charge is -2.12. The van der Waals surface area contributed by atoms with Crippen LogP contribution in [0.4, 0.5) is 18.9 Å². The Labute approximate surface area is 220 Å². The molecule has 1 aromatic carbocycles. The highest BCUT2D eigenvalue weighted by molar-refractivity contribution is 6.04. The number of hydrogen-bond acceptors (Lipinski definition) is 9. The second-order valence-electron chi connectivity index (χ2n) is 7.98. The van der Waals surface area contributed by atoms with Crippen molar-refractivity contribution in [1.29, 1.82) is 0 Å². The molecule has 0 atom stereocenters. The van der Waals surface area contributed by atoms with Gasteiger partial charge in [0.15, 0.2) is 29.5 Å². The summed E-state index contributed by atoms with van der Waals surface area (Å²) in [7, 11) is 4.51. The maximum atomic E-state index is 12.8. The number of ether oxygens (including phenoxy) is 5. The summed E-state index contributed by atoms with van der Waals surface area (Å²) in [5.41, 5.74) is 0.553. The molecular weight excluding hydrogens is 523 g/mol. The van der Waals surface area contributed by atoms with Crippen LogP contribution < -0.4 is 24.3 Å². The van der Waals surface area contributed by atoms with Crippen molar-refractivity contribution in [3.8, 4) is 28.9 Å². The largest absolute Gasteiger partial charge is 0.493 e. The minimum Gasteiger partial charge on any atom is -0.493 e. The molecule has 0 bridgehead atoms. The lowest BCUT2D eigenvalue weighted by atomic mass is 10.2. The molecule has 0 radical (unpaired) electrons. The summed E-state index contributed by atoms with van der Waals surface area (Å²) >= 11 is 0. The molecule has 0 aliphatic carbocycles. The molecule has 39 heavy (non-hydrogen) atoms. The number of anilines is 1. The van der Waals surface area contributed by atoms with E-state index in [1.807, 2.05) is 0 Å². The van der Waals surface area contributed by atoms with Crippen LogP contribution in [0.2, 0.25) is 0 Å². The Bertz CT molecular complexity index is 1440. The maximum Gasteiger partial charge on any atom is 0.422 e. The van der Waals surface area contributed by atoms with Gasteiger partial charge in [0, 0.05) is 30.8 Å². The van der Waals surface area contributed by atoms with Crippen molar-refractivity contribution < 1.29 is 41.7 Å². The molecule has 3 heterocycles. The van der Waals surface area contributed by atoms with Gasteiger partial charge in [-0.2, -0.15) is 18.3 Å². The van der Waals surface area contributed by atoms with Gasteiger partial charge in [0.05, 0.1) is 51.0 Å². The zero-order chi connectivity index (χ0) is 28.0. The van der Waals surface area contributed by atoms with Crippen LogP contribution in [0.3, 0.4) is 0 Å². The lowest BCUT2D eigenvalue weighted by molar-refractivity contribution is -0.153. The van der Waals surface area contributed by atoms with Crippen molar-refractivity contribution in [2.75, 3.05) is 39.9 Å². The number of pyridine rings is 2. The van der Waals surface area contributed by atoms with E-state index in [9.17, 15) is 18.0 Å². The average Bonchev–Trinajstić information content (AvgIpc) is 3.34. The van der Waals surface area contributed by atoms with Gasteiger partial charge >= 0.3 is 6.18 Å². The lowest BCUT2D eigenvalue weighted by Crippen LogP contribution is -2.21. The molecule has 0 saturated heterocycles. The fraction of sp³-hybridized carbons (Fsp3) is 0.280. The first-order valence-electron chi connectivity index (χ1n) is 11.4. The molecule has 0 saturated carbocycles. The number of nitrogens with zero attached hydrogens (tertiary/aromatic N) is 4. The topological polar surface area (TPSA) is 119 Å². The minimum absolute atomic E-state index is 0.210. The number of alkyl halides is 3. The maximum absolute atomic E-state index is 12.8. The fourth-order valence-electron chi connectivity index (χ4n) is 3.48. The quantitative estimate of drug-likeness (QED) is 0.290. The molecule has 0 spiro atoms. The van der Waals surface area contributed by atoms with Crippen molar-refractivity contribution in [1.82, 2.24) is 19.7 Å². The summed E-state index contributed by atoms with van der Waals surface area (Å²) in [6.45, 7) is -1.12. The van der Waals surface area contributed by atoms with E-state index in [2.05, 4.69) is 20.4 Å². The first-order chi connectivity index (χ1) is 18.7. The summed E-state index contributed by atoms with van der Waals surface area (Å²) in [4.78, 5) is 21.3. The second kappa shape index (κ2) is 11.9. The van der Waals surface area contributed by atoms with Gasteiger partial charge in [0.2, 0.25) is 5.88 Å². The number of aromatic nitrogens is 4. The van der Waals surface area contributed by atoms with Gasteiger partial charge in [-0.05, 0) is 18.2 Å². The number of carbonyl (C=O) groups excluding carboxylic acids is 1. The van der Waals surface area contributed by atoms with Gasteiger partial charge in [0.25, 0.3) is 5.91 Å². The molecule has 1 amide bonds. The Kier molecular flexibility index (Phi) is 8.34. The van der Waals surface area contributed by atoms with Crippen molar-refractivity contribution in [3.63, 3.8) is 0 Å². The molecule has 11 nitrogen and oxygen atoms in total. The Hall–Kier alpha value is -4.59. The summed E-state index contributed by atoms with van der Waals surface area (Å²) in [6, 6.07) is 8.14. The highest BCUT2D eigenvalue weighted by Crippen LogP contribution is 2.36. The van der Waals surface area contributed by atoms with E-state index in [1.165, 1.54) is 50.5 Å². The molecule has 3 aromatic heterocycles. The predicted octanol–water partition coefficient (Wildman–Crippen LogP) is 4.48. The highest BCUT2D eigenvalue weighted by atomic mass is 19.4. The number of rotatable bonds is 11. The number of fused-ring (bicyclic) bond motifs is 1. The summed E-state index contributed by atoms with van der Waals surface area (Å²) < 4.78 is 65.6.